The molecule has 0 spiro atoms. The number of rotatable bonds is 7. The summed E-state index contributed by atoms with van der Waals surface area (Å²) in [7, 11) is 1.79. The van der Waals surface area contributed by atoms with E-state index in [1.165, 1.54) is 38.5 Å². The average Bonchev–Trinajstić information content (AvgIpc) is 3.12. The first-order valence-electron chi connectivity index (χ1n) is 9.19. The van der Waals surface area contributed by atoms with Crippen LogP contribution in [0.3, 0.4) is 0 Å². The molecule has 3 rings (SSSR count). The van der Waals surface area contributed by atoms with Crippen LogP contribution in [0.4, 0.5) is 0 Å². The van der Waals surface area contributed by atoms with Crippen LogP contribution in [-0.2, 0) is 11.3 Å². The molecule has 2 heterocycles. The second kappa shape index (κ2) is 8.74. The number of hydrogen-bond donors (Lipinski definition) is 0. The van der Waals surface area contributed by atoms with Crippen LogP contribution in [0.25, 0.3) is 11.4 Å². The van der Waals surface area contributed by atoms with E-state index in [4.69, 9.17) is 4.52 Å². The molecule has 1 amide bonds. The van der Waals surface area contributed by atoms with Crippen LogP contribution < -0.4 is 0 Å². The molecule has 0 saturated heterocycles. The first-order valence-corrected chi connectivity index (χ1v) is 9.19. The van der Waals surface area contributed by atoms with Crippen molar-refractivity contribution < 1.29 is 9.32 Å². The van der Waals surface area contributed by atoms with Gasteiger partial charge in [0.2, 0.25) is 17.6 Å². The summed E-state index contributed by atoms with van der Waals surface area (Å²) in [6.45, 7) is 0.343. The van der Waals surface area contributed by atoms with Gasteiger partial charge in [-0.15, -0.1) is 0 Å². The summed E-state index contributed by atoms with van der Waals surface area (Å²) in [6.07, 6.45) is 12.9. The van der Waals surface area contributed by atoms with Gasteiger partial charge in [-0.25, -0.2) is 0 Å². The number of hydrogen-bond acceptors (Lipinski definition) is 5. The van der Waals surface area contributed by atoms with E-state index in [0.717, 1.165) is 17.9 Å². The van der Waals surface area contributed by atoms with Gasteiger partial charge in [-0.2, -0.15) is 4.98 Å². The first kappa shape index (κ1) is 17.6. The van der Waals surface area contributed by atoms with Crippen LogP contribution >= 0.6 is 0 Å². The van der Waals surface area contributed by atoms with E-state index < -0.39 is 0 Å². The van der Waals surface area contributed by atoms with Gasteiger partial charge in [-0.1, -0.05) is 37.3 Å². The molecule has 6 heteroatoms. The fraction of sp³-hybridized carbons (Fsp3) is 0.579. The Labute approximate surface area is 148 Å². The van der Waals surface area contributed by atoms with E-state index in [9.17, 15) is 4.79 Å². The molecular weight excluding hydrogens is 316 g/mol. The highest BCUT2D eigenvalue weighted by Gasteiger charge is 2.17. The monoisotopic (exact) mass is 342 g/mol. The van der Waals surface area contributed by atoms with Crippen LogP contribution in [0.2, 0.25) is 0 Å². The molecule has 1 aliphatic rings. The second-order valence-corrected chi connectivity index (χ2v) is 6.90. The molecule has 0 aromatic carbocycles. The molecule has 25 heavy (non-hydrogen) atoms. The van der Waals surface area contributed by atoms with Crippen molar-refractivity contribution in [3.05, 3.63) is 30.4 Å². The molecule has 6 nitrogen and oxygen atoms in total. The maximum absolute atomic E-state index is 12.3. The lowest BCUT2D eigenvalue weighted by Gasteiger charge is -2.21. The Bertz CT molecular complexity index is 665. The highest BCUT2D eigenvalue weighted by molar-refractivity contribution is 5.75. The molecule has 0 radical (unpaired) electrons. The molecule has 2 aromatic heterocycles. The van der Waals surface area contributed by atoms with E-state index in [1.54, 1.807) is 24.3 Å². The maximum atomic E-state index is 12.3. The minimum Gasteiger partial charge on any atom is -0.337 e. The summed E-state index contributed by atoms with van der Waals surface area (Å²) < 4.78 is 5.26. The summed E-state index contributed by atoms with van der Waals surface area (Å²) >= 11 is 0. The highest BCUT2D eigenvalue weighted by atomic mass is 16.5. The van der Waals surface area contributed by atoms with Gasteiger partial charge in [0.1, 0.15) is 0 Å². The summed E-state index contributed by atoms with van der Waals surface area (Å²) in [5.41, 5.74) is 0.805. The molecule has 1 fully saturated rings. The molecule has 0 unspecified atom stereocenters. The normalized spacial score (nSPS) is 15.2. The summed E-state index contributed by atoms with van der Waals surface area (Å²) in [6, 6.07) is 3.70. The third-order valence-electron chi connectivity index (χ3n) is 4.91. The topological polar surface area (TPSA) is 72.1 Å². The maximum Gasteiger partial charge on any atom is 0.246 e. The molecular formula is C19H26N4O2. The Morgan fingerprint density at radius 1 is 1.32 bits per heavy atom. The molecule has 0 bridgehead atoms. The Hall–Kier alpha value is -2.24. The third kappa shape index (κ3) is 5.11. The lowest BCUT2D eigenvalue weighted by Crippen LogP contribution is -2.26. The lowest BCUT2D eigenvalue weighted by molar-refractivity contribution is -0.130. The Kier molecular flexibility index (Phi) is 6.14. The van der Waals surface area contributed by atoms with Gasteiger partial charge in [-0.05, 0) is 30.9 Å². The van der Waals surface area contributed by atoms with Crippen molar-refractivity contribution in [1.82, 2.24) is 20.0 Å². The number of nitrogens with zero attached hydrogens (tertiary/aromatic N) is 4. The van der Waals surface area contributed by atoms with Crippen molar-refractivity contribution in [2.45, 2.75) is 57.9 Å². The molecule has 1 aliphatic carbocycles. The minimum absolute atomic E-state index is 0.136. The van der Waals surface area contributed by atoms with Crippen LogP contribution in [0.5, 0.6) is 0 Å². The number of aromatic nitrogens is 3. The molecule has 0 aliphatic heterocycles. The number of pyridine rings is 1. The van der Waals surface area contributed by atoms with Gasteiger partial charge in [0.15, 0.2) is 0 Å². The largest absolute Gasteiger partial charge is 0.337 e. The Morgan fingerprint density at radius 3 is 2.92 bits per heavy atom. The number of carbonyl (C=O) groups excluding carboxylic acids is 1. The summed E-state index contributed by atoms with van der Waals surface area (Å²) in [5.74, 6) is 1.91. The average molecular weight is 342 g/mol. The van der Waals surface area contributed by atoms with Crippen LogP contribution in [-0.4, -0.2) is 33.0 Å². The molecule has 1 saturated carbocycles. The van der Waals surface area contributed by atoms with Gasteiger partial charge in [-0.3, -0.25) is 9.78 Å². The third-order valence-corrected chi connectivity index (χ3v) is 4.91. The molecule has 134 valence electrons. The van der Waals surface area contributed by atoms with Gasteiger partial charge >= 0.3 is 0 Å². The van der Waals surface area contributed by atoms with Crippen molar-refractivity contribution in [2.24, 2.45) is 5.92 Å². The predicted octanol–water partition coefficient (Wildman–Crippen LogP) is 3.84. The van der Waals surface area contributed by atoms with E-state index in [2.05, 4.69) is 15.1 Å². The zero-order valence-electron chi connectivity index (χ0n) is 14.9. The summed E-state index contributed by atoms with van der Waals surface area (Å²) in [4.78, 5) is 22.4. The zero-order valence-corrected chi connectivity index (χ0v) is 14.9. The molecule has 0 N–H and O–H groups in total. The van der Waals surface area contributed by atoms with E-state index in [1.807, 2.05) is 12.1 Å². The summed E-state index contributed by atoms with van der Waals surface area (Å²) in [5, 5.41) is 3.96. The van der Waals surface area contributed by atoms with E-state index >= 15 is 0 Å². The van der Waals surface area contributed by atoms with Crippen molar-refractivity contribution in [2.75, 3.05) is 7.05 Å². The quantitative estimate of drug-likeness (QED) is 0.764. The van der Waals surface area contributed by atoms with Crippen molar-refractivity contribution in [1.29, 1.82) is 0 Å². The van der Waals surface area contributed by atoms with Crippen molar-refractivity contribution >= 4 is 5.91 Å². The standard InChI is InChI=1S/C19H26N4O2/c1-23(18(24)11-5-9-15-7-3-2-4-8-15)14-17-21-19(22-25-17)16-10-6-12-20-13-16/h6,10,12-13,15H,2-5,7-9,11,14H2,1H3. The van der Waals surface area contributed by atoms with Gasteiger partial charge < -0.3 is 9.42 Å². The first-order chi connectivity index (χ1) is 12.2. The Balaban J connectivity index is 1.44. The SMILES string of the molecule is CN(Cc1nc(-c2cccnc2)no1)C(=O)CCCC1CCCCC1. The Morgan fingerprint density at radius 2 is 2.16 bits per heavy atom. The molecule has 2 aromatic rings. The highest BCUT2D eigenvalue weighted by Crippen LogP contribution is 2.27. The van der Waals surface area contributed by atoms with E-state index in [0.29, 0.717) is 24.7 Å². The van der Waals surface area contributed by atoms with Gasteiger partial charge in [0.05, 0.1) is 6.54 Å². The second-order valence-electron chi connectivity index (χ2n) is 6.90. The van der Waals surface area contributed by atoms with Crippen molar-refractivity contribution in [3.63, 3.8) is 0 Å². The number of carbonyl (C=O) groups is 1. The number of amides is 1. The smallest absolute Gasteiger partial charge is 0.246 e. The van der Waals surface area contributed by atoms with Crippen LogP contribution in [0, 0.1) is 5.92 Å². The molecule has 0 atom stereocenters. The van der Waals surface area contributed by atoms with Crippen molar-refractivity contribution in [3.8, 4) is 11.4 Å². The fourth-order valence-electron chi connectivity index (χ4n) is 3.43. The van der Waals surface area contributed by atoms with E-state index in [-0.39, 0.29) is 5.91 Å². The fourth-order valence-corrected chi connectivity index (χ4v) is 3.43. The zero-order chi connectivity index (χ0) is 17.5. The predicted molar refractivity (Wildman–Crippen MR) is 94.4 cm³/mol. The lowest BCUT2D eigenvalue weighted by atomic mass is 9.86. The van der Waals surface area contributed by atoms with Crippen LogP contribution in [0.15, 0.2) is 29.0 Å². The minimum atomic E-state index is 0.136. The van der Waals surface area contributed by atoms with Crippen LogP contribution in [0.1, 0.15) is 57.3 Å². The van der Waals surface area contributed by atoms with Gasteiger partial charge in [0.25, 0.3) is 0 Å². The van der Waals surface area contributed by atoms with Gasteiger partial charge in [0, 0.05) is 31.4 Å².